The number of hydrogen-bond donors (Lipinski definition) is 5. The minimum atomic E-state index is 0.361. The number of aliphatic hydroxyl groups excluding tert-OH is 5. The van der Waals surface area contributed by atoms with Gasteiger partial charge in [-0.05, 0) is 32.1 Å². The maximum atomic E-state index is 8.51. The predicted octanol–water partition coefficient (Wildman–Crippen LogP) is 11.7. The summed E-state index contributed by atoms with van der Waals surface area (Å²) in [6, 6.07) is 0. The Bertz CT molecular complexity index is 350. The zero-order chi connectivity index (χ0) is 34.7. The van der Waals surface area contributed by atoms with Crippen molar-refractivity contribution in [3.63, 3.8) is 0 Å². The first-order chi connectivity index (χ1) is 22.1. The highest BCUT2D eigenvalue weighted by molar-refractivity contribution is 4.45. The van der Waals surface area contributed by atoms with Crippen molar-refractivity contribution < 1.29 is 25.5 Å². The highest BCUT2D eigenvalue weighted by atomic mass is 16.3. The van der Waals surface area contributed by atoms with Crippen LogP contribution in [0.1, 0.15) is 227 Å². The second kappa shape index (κ2) is 66.3. The first-order valence-corrected chi connectivity index (χ1v) is 20.1. The van der Waals surface area contributed by atoms with E-state index in [0.717, 1.165) is 32.1 Å². The van der Waals surface area contributed by atoms with Gasteiger partial charge in [0.25, 0.3) is 0 Å². The molecule has 0 amide bonds. The van der Waals surface area contributed by atoms with Gasteiger partial charge in [0.1, 0.15) is 0 Å². The molecule has 0 atom stereocenters. The normalized spacial score (nSPS) is 10.0. The SMILES string of the molecule is CCCCCCCCCCO.CCCCCCCCCO.CCCCCCCCO.CCCCCCCO.CCCCCCO. The lowest BCUT2D eigenvalue weighted by atomic mass is 10.1. The molecule has 0 aliphatic heterocycles. The summed E-state index contributed by atoms with van der Waals surface area (Å²) in [5.74, 6) is 0. The van der Waals surface area contributed by atoms with Gasteiger partial charge in [-0.3, -0.25) is 0 Å². The van der Waals surface area contributed by atoms with Gasteiger partial charge in [-0.15, -0.1) is 0 Å². The van der Waals surface area contributed by atoms with E-state index in [1.165, 1.54) is 161 Å². The van der Waals surface area contributed by atoms with E-state index in [1.54, 1.807) is 0 Å². The molecule has 0 saturated carbocycles. The van der Waals surface area contributed by atoms with Crippen LogP contribution < -0.4 is 0 Å². The quantitative estimate of drug-likeness (QED) is 0.0498. The molecule has 0 aromatic rings. The summed E-state index contributed by atoms with van der Waals surface area (Å²) in [7, 11) is 0. The van der Waals surface area contributed by atoms with E-state index in [0.29, 0.717) is 33.0 Å². The third-order valence-corrected chi connectivity index (χ3v) is 7.56. The summed E-state index contributed by atoms with van der Waals surface area (Å²) in [5, 5.41) is 42.1. The van der Waals surface area contributed by atoms with Crippen LogP contribution in [-0.4, -0.2) is 58.6 Å². The van der Waals surface area contributed by atoms with Gasteiger partial charge in [0.05, 0.1) is 0 Å². The van der Waals surface area contributed by atoms with Crippen molar-refractivity contribution in [2.45, 2.75) is 227 Å². The van der Waals surface area contributed by atoms with Crippen LogP contribution in [0, 0.1) is 0 Å². The van der Waals surface area contributed by atoms with Crippen LogP contribution in [0.5, 0.6) is 0 Å². The van der Waals surface area contributed by atoms with Gasteiger partial charge in [-0.1, -0.05) is 195 Å². The van der Waals surface area contributed by atoms with E-state index < -0.39 is 0 Å². The third-order valence-electron chi connectivity index (χ3n) is 7.56. The Morgan fingerprint density at radius 2 is 0.289 bits per heavy atom. The average molecular weight is 651 g/mol. The fourth-order valence-corrected chi connectivity index (χ4v) is 4.46. The third kappa shape index (κ3) is 86.2. The minimum Gasteiger partial charge on any atom is -0.396 e. The number of rotatable bonds is 30. The number of hydrogen-bond acceptors (Lipinski definition) is 5. The fourth-order valence-electron chi connectivity index (χ4n) is 4.46. The second-order valence-corrected chi connectivity index (χ2v) is 12.5. The van der Waals surface area contributed by atoms with E-state index in [2.05, 4.69) is 34.6 Å². The van der Waals surface area contributed by atoms with Crippen molar-refractivity contribution in [1.82, 2.24) is 0 Å². The van der Waals surface area contributed by atoms with E-state index >= 15 is 0 Å². The van der Waals surface area contributed by atoms with Crippen LogP contribution in [0.15, 0.2) is 0 Å². The Kier molecular flexibility index (Phi) is 79.9. The molecular formula is C40H90O5. The number of unbranched alkanes of at least 4 members (excludes halogenated alkanes) is 25. The smallest absolute Gasteiger partial charge is 0.0431 e. The molecule has 5 heteroatoms. The lowest BCUT2D eigenvalue weighted by Crippen LogP contribution is -1.83. The Balaban J connectivity index is -0.000000149. The topological polar surface area (TPSA) is 101 Å². The maximum absolute atomic E-state index is 8.51. The molecular weight excluding hydrogens is 560 g/mol. The lowest BCUT2D eigenvalue weighted by Gasteiger charge is -1.98. The van der Waals surface area contributed by atoms with Crippen molar-refractivity contribution >= 4 is 0 Å². The Morgan fingerprint density at radius 1 is 0.178 bits per heavy atom. The second-order valence-electron chi connectivity index (χ2n) is 12.5. The predicted molar refractivity (Wildman–Crippen MR) is 202 cm³/mol. The van der Waals surface area contributed by atoms with Gasteiger partial charge < -0.3 is 25.5 Å². The molecule has 5 N–H and O–H groups in total. The van der Waals surface area contributed by atoms with E-state index in [4.69, 9.17) is 25.5 Å². The summed E-state index contributed by atoms with van der Waals surface area (Å²) >= 11 is 0. The first-order valence-electron chi connectivity index (χ1n) is 20.1. The molecule has 0 saturated heterocycles. The van der Waals surface area contributed by atoms with Crippen LogP contribution in [0.2, 0.25) is 0 Å². The van der Waals surface area contributed by atoms with E-state index in [1.807, 2.05) is 0 Å². The molecule has 0 heterocycles. The minimum absolute atomic E-state index is 0.361. The lowest BCUT2D eigenvalue weighted by molar-refractivity contribution is 0.282. The molecule has 0 bridgehead atoms. The Labute approximate surface area is 285 Å². The zero-order valence-corrected chi connectivity index (χ0v) is 32.0. The molecule has 0 unspecified atom stereocenters. The monoisotopic (exact) mass is 651 g/mol. The van der Waals surface area contributed by atoms with Crippen molar-refractivity contribution in [2.75, 3.05) is 33.0 Å². The van der Waals surface area contributed by atoms with Gasteiger partial charge >= 0.3 is 0 Å². The van der Waals surface area contributed by atoms with Gasteiger partial charge in [0.2, 0.25) is 0 Å². The van der Waals surface area contributed by atoms with Crippen LogP contribution in [-0.2, 0) is 0 Å². The highest BCUT2D eigenvalue weighted by Gasteiger charge is 1.90. The van der Waals surface area contributed by atoms with Crippen LogP contribution in [0.25, 0.3) is 0 Å². The Morgan fingerprint density at radius 3 is 0.422 bits per heavy atom. The van der Waals surface area contributed by atoms with E-state index in [9.17, 15) is 0 Å². The van der Waals surface area contributed by atoms with Gasteiger partial charge in [0, 0.05) is 33.0 Å². The van der Waals surface area contributed by atoms with Crippen LogP contribution in [0.4, 0.5) is 0 Å². The molecule has 0 spiro atoms. The highest BCUT2D eigenvalue weighted by Crippen LogP contribution is 2.08. The molecule has 5 nitrogen and oxygen atoms in total. The average Bonchev–Trinajstić information content (AvgIpc) is 3.06. The molecule has 0 aliphatic carbocycles. The summed E-state index contributed by atoms with van der Waals surface area (Å²) in [6.45, 7) is 12.9. The molecule has 280 valence electrons. The molecule has 0 rings (SSSR count). The largest absolute Gasteiger partial charge is 0.396 e. The van der Waals surface area contributed by atoms with Crippen molar-refractivity contribution in [1.29, 1.82) is 0 Å². The standard InChI is InChI=1S/C10H22O.C9H20O.C8H18O.C7H16O.C6H14O/c1-2-3-4-5-6-7-8-9-10-11;1-2-3-4-5-6-7-8-9-10;1-2-3-4-5-6-7-8-9;1-2-3-4-5-6-7-8;1-2-3-4-5-6-7/h11H,2-10H2,1H3;10H,2-9H2,1H3;9H,2-8H2,1H3;8H,2-7H2,1H3;7H,2-6H2,1H3. The summed E-state index contributed by atoms with van der Waals surface area (Å²) in [5.41, 5.74) is 0. The maximum Gasteiger partial charge on any atom is 0.0431 e. The van der Waals surface area contributed by atoms with Crippen LogP contribution >= 0.6 is 0 Å². The summed E-state index contributed by atoms with van der Waals surface area (Å²) in [4.78, 5) is 0. The zero-order valence-electron chi connectivity index (χ0n) is 32.0. The van der Waals surface area contributed by atoms with Crippen molar-refractivity contribution in [2.24, 2.45) is 0 Å². The molecule has 0 aromatic carbocycles. The first kappa shape index (κ1) is 54.3. The summed E-state index contributed by atoms with van der Waals surface area (Å²) in [6.07, 6.45) is 37.6. The molecule has 45 heavy (non-hydrogen) atoms. The van der Waals surface area contributed by atoms with Crippen molar-refractivity contribution in [3.8, 4) is 0 Å². The molecule has 0 radical (unpaired) electrons. The van der Waals surface area contributed by atoms with E-state index in [-0.39, 0.29) is 0 Å². The number of aliphatic hydroxyl groups is 5. The van der Waals surface area contributed by atoms with Crippen molar-refractivity contribution in [3.05, 3.63) is 0 Å². The summed E-state index contributed by atoms with van der Waals surface area (Å²) < 4.78 is 0. The van der Waals surface area contributed by atoms with Gasteiger partial charge in [0.15, 0.2) is 0 Å². The molecule has 0 fully saturated rings. The van der Waals surface area contributed by atoms with Gasteiger partial charge in [-0.2, -0.15) is 0 Å². The van der Waals surface area contributed by atoms with Gasteiger partial charge in [-0.25, -0.2) is 0 Å². The molecule has 0 aromatic heterocycles. The van der Waals surface area contributed by atoms with Crippen LogP contribution in [0.3, 0.4) is 0 Å². The Hall–Kier alpha value is -0.200. The fraction of sp³-hybridized carbons (Fsp3) is 1.00. The molecule has 0 aliphatic rings.